The quantitative estimate of drug-likeness (QED) is 0.812. The first-order valence-electron chi connectivity index (χ1n) is 8.66. The van der Waals surface area contributed by atoms with Crippen LogP contribution >= 0.6 is 0 Å². The standard InChI is InChI=1S/C21H27N/c1-18(17-19-11-5-2-6-12-19)22-21(15-9-4-10-16-21)20-13-7-3-8-14-20/h2-3,5-8,11-14,18,22H,4,9-10,15-17H2,1H3/t18-/m1/s1. The van der Waals surface area contributed by atoms with Crippen LogP contribution in [0.25, 0.3) is 0 Å². The largest absolute Gasteiger partial charge is 0.305 e. The van der Waals surface area contributed by atoms with Gasteiger partial charge in [-0.2, -0.15) is 0 Å². The summed E-state index contributed by atoms with van der Waals surface area (Å²) in [6.45, 7) is 2.33. The van der Waals surface area contributed by atoms with E-state index in [0.717, 1.165) is 6.42 Å². The predicted molar refractivity (Wildman–Crippen MR) is 93.9 cm³/mol. The minimum absolute atomic E-state index is 0.174. The van der Waals surface area contributed by atoms with Gasteiger partial charge in [-0.1, -0.05) is 79.9 Å². The van der Waals surface area contributed by atoms with Crippen molar-refractivity contribution in [2.75, 3.05) is 0 Å². The van der Waals surface area contributed by atoms with E-state index in [1.54, 1.807) is 0 Å². The number of hydrogen-bond donors (Lipinski definition) is 1. The second-order valence-corrected chi connectivity index (χ2v) is 6.74. The third kappa shape index (κ3) is 3.59. The van der Waals surface area contributed by atoms with Gasteiger partial charge in [0.2, 0.25) is 0 Å². The van der Waals surface area contributed by atoms with Crippen LogP contribution in [-0.4, -0.2) is 6.04 Å². The molecule has 2 aromatic rings. The Hall–Kier alpha value is -1.60. The molecule has 0 bridgehead atoms. The maximum absolute atomic E-state index is 4.00. The molecule has 0 radical (unpaired) electrons. The highest BCUT2D eigenvalue weighted by Gasteiger charge is 2.34. The molecule has 22 heavy (non-hydrogen) atoms. The number of benzene rings is 2. The second-order valence-electron chi connectivity index (χ2n) is 6.74. The van der Waals surface area contributed by atoms with Crippen molar-refractivity contribution in [2.45, 2.75) is 57.0 Å². The molecule has 0 aliphatic heterocycles. The molecule has 0 saturated heterocycles. The van der Waals surface area contributed by atoms with Crippen molar-refractivity contribution in [2.24, 2.45) is 0 Å². The zero-order valence-electron chi connectivity index (χ0n) is 13.6. The molecule has 1 aliphatic carbocycles. The molecule has 0 heterocycles. The Kier molecular flexibility index (Phi) is 4.94. The van der Waals surface area contributed by atoms with E-state index < -0.39 is 0 Å². The fourth-order valence-electron chi connectivity index (χ4n) is 3.92. The maximum atomic E-state index is 4.00. The lowest BCUT2D eigenvalue weighted by Gasteiger charge is -2.41. The highest BCUT2D eigenvalue weighted by Crippen LogP contribution is 2.37. The van der Waals surface area contributed by atoms with Crippen LogP contribution in [0.3, 0.4) is 0 Å². The first kappa shape index (κ1) is 15.3. The molecule has 0 aromatic heterocycles. The summed E-state index contributed by atoms with van der Waals surface area (Å²) in [4.78, 5) is 0. The van der Waals surface area contributed by atoms with E-state index in [0.29, 0.717) is 6.04 Å². The number of rotatable bonds is 5. The third-order valence-electron chi connectivity index (χ3n) is 4.94. The lowest BCUT2D eigenvalue weighted by molar-refractivity contribution is 0.211. The van der Waals surface area contributed by atoms with Crippen molar-refractivity contribution in [3.8, 4) is 0 Å². The molecule has 1 nitrogen and oxygen atoms in total. The molecule has 1 saturated carbocycles. The monoisotopic (exact) mass is 293 g/mol. The first-order valence-corrected chi connectivity index (χ1v) is 8.66. The van der Waals surface area contributed by atoms with Gasteiger partial charge in [0.1, 0.15) is 0 Å². The first-order chi connectivity index (χ1) is 10.8. The maximum Gasteiger partial charge on any atom is 0.0436 e. The summed E-state index contributed by atoms with van der Waals surface area (Å²) in [7, 11) is 0. The molecule has 1 N–H and O–H groups in total. The molecule has 1 atom stereocenters. The molecule has 0 amide bonds. The number of hydrogen-bond acceptors (Lipinski definition) is 1. The van der Waals surface area contributed by atoms with Crippen molar-refractivity contribution < 1.29 is 0 Å². The van der Waals surface area contributed by atoms with E-state index in [-0.39, 0.29) is 5.54 Å². The van der Waals surface area contributed by atoms with Crippen LogP contribution in [0.1, 0.15) is 50.2 Å². The van der Waals surface area contributed by atoms with Gasteiger partial charge in [-0.05, 0) is 37.3 Å². The third-order valence-corrected chi connectivity index (χ3v) is 4.94. The molecule has 116 valence electrons. The van der Waals surface area contributed by atoms with E-state index in [4.69, 9.17) is 0 Å². The Morgan fingerprint density at radius 3 is 2.09 bits per heavy atom. The SMILES string of the molecule is C[C@H](Cc1ccccc1)NC1(c2ccccc2)CCCCC1. The molecule has 1 fully saturated rings. The van der Waals surface area contributed by atoms with E-state index >= 15 is 0 Å². The zero-order chi connectivity index (χ0) is 15.3. The van der Waals surface area contributed by atoms with Crippen LogP contribution in [0.4, 0.5) is 0 Å². The van der Waals surface area contributed by atoms with Gasteiger partial charge in [0, 0.05) is 11.6 Å². The average Bonchev–Trinajstić information content (AvgIpc) is 2.57. The van der Waals surface area contributed by atoms with Crippen molar-refractivity contribution in [1.82, 2.24) is 5.32 Å². The predicted octanol–water partition coefficient (Wildman–Crippen LogP) is 5.07. The zero-order valence-corrected chi connectivity index (χ0v) is 13.6. The number of nitrogens with one attached hydrogen (secondary N) is 1. The van der Waals surface area contributed by atoms with E-state index in [1.165, 1.54) is 43.2 Å². The van der Waals surface area contributed by atoms with Gasteiger partial charge in [-0.25, -0.2) is 0 Å². The van der Waals surface area contributed by atoms with Gasteiger partial charge in [-0.15, -0.1) is 0 Å². The molecular formula is C21H27N. The summed E-state index contributed by atoms with van der Waals surface area (Å²) in [6.07, 6.45) is 7.66. The van der Waals surface area contributed by atoms with Gasteiger partial charge in [0.05, 0.1) is 0 Å². The summed E-state index contributed by atoms with van der Waals surface area (Å²) in [6, 6.07) is 22.4. The Bertz CT molecular complexity index is 555. The Balaban J connectivity index is 1.76. The van der Waals surface area contributed by atoms with Crippen molar-refractivity contribution >= 4 is 0 Å². The van der Waals surface area contributed by atoms with Crippen molar-refractivity contribution in [3.05, 3.63) is 71.8 Å². The summed E-state index contributed by atoms with van der Waals surface area (Å²) >= 11 is 0. The van der Waals surface area contributed by atoms with Crippen molar-refractivity contribution in [3.63, 3.8) is 0 Å². The van der Waals surface area contributed by atoms with Gasteiger partial charge in [0.25, 0.3) is 0 Å². The molecule has 3 rings (SSSR count). The topological polar surface area (TPSA) is 12.0 Å². The molecular weight excluding hydrogens is 266 g/mol. The van der Waals surface area contributed by atoms with Crippen LogP contribution in [-0.2, 0) is 12.0 Å². The summed E-state index contributed by atoms with van der Waals surface area (Å²) in [5, 5.41) is 4.00. The smallest absolute Gasteiger partial charge is 0.0436 e. The van der Waals surface area contributed by atoms with Gasteiger partial charge < -0.3 is 5.32 Å². The Labute approximate surface area is 134 Å². The molecule has 1 aliphatic rings. The molecule has 1 heteroatoms. The molecule has 0 unspecified atom stereocenters. The van der Waals surface area contributed by atoms with Gasteiger partial charge in [0.15, 0.2) is 0 Å². The normalized spacial score (nSPS) is 18.8. The summed E-state index contributed by atoms with van der Waals surface area (Å²) in [5.74, 6) is 0. The van der Waals surface area contributed by atoms with Gasteiger partial charge >= 0.3 is 0 Å². The highest BCUT2D eigenvalue weighted by atomic mass is 15.0. The lowest BCUT2D eigenvalue weighted by Crippen LogP contribution is -2.48. The van der Waals surface area contributed by atoms with E-state index in [9.17, 15) is 0 Å². The lowest BCUT2D eigenvalue weighted by atomic mass is 9.76. The average molecular weight is 293 g/mol. The van der Waals surface area contributed by atoms with E-state index in [1.807, 2.05) is 0 Å². The van der Waals surface area contributed by atoms with Crippen molar-refractivity contribution in [1.29, 1.82) is 0 Å². The Morgan fingerprint density at radius 1 is 0.864 bits per heavy atom. The minimum atomic E-state index is 0.174. The Morgan fingerprint density at radius 2 is 1.45 bits per heavy atom. The van der Waals surface area contributed by atoms with E-state index in [2.05, 4.69) is 72.9 Å². The summed E-state index contributed by atoms with van der Waals surface area (Å²) < 4.78 is 0. The highest BCUT2D eigenvalue weighted by molar-refractivity contribution is 5.26. The van der Waals surface area contributed by atoms with Gasteiger partial charge in [-0.3, -0.25) is 0 Å². The minimum Gasteiger partial charge on any atom is -0.305 e. The molecule has 2 aromatic carbocycles. The summed E-state index contributed by atoms with van der Waals surface area (Å²) in [5.41, 5.74) is 3.06. The fraction of sp³-hybridized carbons (Fsp3) is 0.429. The van der Waals surface area contributed by atoms with Crippen LogP contribution in [0.15, 0.2) is 60.7 Å². The fourth-order valence-corrected chi connectivity index (χ4v) is 3.92. The van der Waals surface area contributed by atoms with Crippen LogP contribution in [0.2, 0.25) is 0 Å². The van der Waals surface area contributed by atoms with Crippen LogP contribution < -0.4 is 5.32 Å². The second kappa shape index (κ2) is 7.11. The van der Waals surface area contributed by atoms with Crippen LogP contribution in [0, 0.1) is 0 Å². The molecule has 0 spiro atoms. The van der Waals surface area contributed by atoms with Crippen LogP contribution in [0.5, 0.6) is 0 Å².